The lowest BCUT2D eigenvalue weighted by atomic mass is 9.91. The Balaban J connectivity index is 2.23. The highest BCUT2D eigenvalue weighted by molar-refractivity contribution is 5.67. The van der Waals surface area contributed by atoms with Gasteiger partial charge in [-0.05, 0) is 55.9 Å². The Morgan fingerprint density at radius 2 is 1.68 bits per heavy atom. The number of benzene rings is 2. The van der Waals surface area contributed by atoms with E-state index >= 15 is 0 Å². The largest absolute Gasteiger partial charge is 0.355 e. The minimum atomic E-state index is 0.0196. The number of aryl methyl sites for hydroxylation is 1. The molecule has 0 bridgehead atoms. The molecular formula is C21H27N. The van der Waals surface area contributed by atoms with Crippen LogP contribution in [-0.2, 0) is 5.54 Å². The summed E-state index contributed by atoms with van der Waals surface area (Å²) >= 11 is 0. The summed E-state index contributed by atoms with van der Waals surface area (Å²) in [5.74, 6) is 0.529. The summed E-state index contributed by atoms with van der Waals surface area (Å²) in [5.41, 5.74) is 7.19. The van der Waals surface area contributed by atoms with Crippen LogP contribution in [0.1, 0.15) is 68.8 Å². The Labute approximate surface area is 135 Å². The maximum absolute atomic E-state index is 2.63. The number of fused-ring (bicyclic) bond motifs is 1. The van der Waals surface area contributed by atoms with Gasteiger partial charge in [-0.15, -0.1) is 0 Å². The first-order chi connectivity index (χ1) is 10.4. The van der Waals surface area contributed by atoms with Crippen LogP contribution < -0.4 is 4.90 Å². The third-order valence-corrected chi connectivity index (χ3v) is 5.19. The molecule has 3 rings (SSSR count). The fourth-order valence-corrected chi connectivity index (χ4v) is 4.12. The minimum absolute atomic E-state index is 0.0196. The van der Waals surface area contributed by atoms with Crippen molar-refractivity contribution < 1.29 is 0 Å². The van der Waals surface area contributed by atoms with Crippen LogP contribution in [0.2, 0.25) is 0 Å². The van der Waals surface area contributed by atoms with Crippen molar-refractivity contribution in [1.29, 1.82) is 0 Å². The molecule has 1 aliphatic heterocycles. The van der Waals surface area contributed by atoms with Crippen LogP contribution in [0.15, 0.2) is 42.5 Å². The SMILES string of the molecule is Cc1cccc(C(C)C)c1N1C(C)c2ccccc2C1(C)C. The van der Waals surface area contributed by atoms with E-state index in [1.807, 2.05) is 0 Å². The van der Waals surface area contributed by atoms with Gasteiger partial charge in [0.1, 0.15) is 0 Å². The lowest BCUT2D eigenvalue weighted by Crippen LogP contribution is -2.38. The van der Waals surface area contributed by atoms with Crippen LogP contribution in [0.25, 0.3) is 0 Å². The molecule has 0 amide bonds. The van der Waals surface area contributed by atoms with E-state index in [1.165, 1.54) is 27.9 Å². The summed E-state index contributed by atoms with van der Waals surface area (Å²) in [6.45, 7) is 13.9. The monoisotopic (exact) mass is 293 g/mol. The minimum Gasteiger partial charge on any atom is -0.355 e. The zero-order valence-corrected chi connectivity index (χ0v) is 14.6. The van der Waals surface area contributed by atoms with E-state index < -0.39 is 0 Å². The number of hydrogen-bond acceptors (Lipinski definition) is 1. The lowest BCUT2D eigenvalue weighted by Gasteiger charge is -2.40. The van der Waals surface area contributed by atoms with Gasteiger partial charge in [-0.2, -0.15) is 0 Å². The van der Waals surface area contributed by atoms with Crippen LogP contribution in [0.3, 0.4) is 0 Å². The number of rotatable bonds is 2. The molecule has 0 radical (unpaired) electrons. The molecule has 1 nitrogen and oxygen atoms in total. The number of para-hydroxylation sites is 1. The Kier molecular flexibility index (Phi) is 3.55. The molecule has 0 fully saturated rings. The second-order valence-electron chi connectivity index (χ2n) is 7.36. The first kappa shape index (κ1) is 15.1. The maximum atomic E-state index is 2.63. The molecule has 0 saturated heterocycles. The number of nitrogens with zero attached hydrogens (tertiary/aromatic N) is 1. The van der Waals surface area contributed by atoms with E-state index in [4.69, 9.17) is 0 Å². The molecule has 1 unspecified atom stereocenters. The predicted molar refractivity (Wildman–Crippen MR) is 95.6 cm³/mol. The van der Waals surface area contributed by atoms with Crippen molar-refractivity contribution in [2.75, 3.05) is 4.90 Å². The molecule has 2 aromatic rings. The summed E-state index contributed by atoms with van der Waals surface area (Å²) in [5, 5.41) is 0. The van der Waals surface area contributed by atoms with Gasteiger partial charge in [0.05, 0.1) is 11.6 Å². The molecule has 2 aromatic carbocycles. The molecule has 0 N–H and O–H groups in total. The van der Waals surface area contributed by atoms with E-state index in [0.29, 0.717) is 12.0 Å². The van der Waals surface area contributed by atoms with Gasteiger partial charge in [0, 0.05) is 5.69 Å². The van der Waals surface area contributed by atoms with Crippen molar-refractivity contribution in [2.45, 2.75) is 59.0 Å². The second kappa shape index (κ2) is 5.15. The average molecular weight is 293 g/mol. The Hall–Kier alpha value is -1.76. The van der Waals surface area contributed by atoms with Crippen LogP contribution in [0.5, 0.6) is 0 Å². The zero-order valence-electron chi connectivity index (χ0n) is 14.6. The molecule has 22 heavy (non-hydrogen) atoms. The number of anilines is 1. The fourth-order valence-electron chi connectivity index (χ4n) is 4.12. The molecule has 1 atom stereocenters. The van der Waals surface area contributed by atoms with Crippen LogP contribution in [0.4, 0.5) is 5.69 Å². The van der Waals surface area contributed by atoms with Crippen LogP contribution in [-0.4, -0.2) is 0 Å². The third-order valence-electron chi connectivity index (χ3n) is 5.19. The second-order valence-corrected chi connectivity index (χ2v) is 7.36. The molecule has 0 aromatic heterocycles. The summed E-state index contributed by atoms with van der Waals surface area (Å²) < 4.78 is 0. The summed E-state index contributed by atoms with van der Waals surface area (Å²) in [7, 11) is 0. The Morgan fingerprint density at radius 1 is 1.00 bits per heavy atom. The number of hydrogen-bond donors (Lipinski definition) is 0. The van der Waals surface area contributed by atoms with Gasteiger partial charge in [0.2, 0.25) is 0 Å². The van der Waals surface area contributed by atoms with Gasteiger partial charge in [0.25, 0.3) is 0 Å². The molecule has 1 heteroatoms. The highest BCUT2D eigenvalue weighted by atomic mass is 15.2. The van der Waals surface area contributed by atoms with Crippen molar-refractivity contribution in [3.8, 4) is 0 Å². The maximum Gasteiger partial charge on any atom is 0.0607 e. The van der Waals surface area contributed by atoms with E-state index in [9.17, 15) is 0 Å². The summed E-state index contributed by atoms with van der Waals surface area (Å²) in [6, 6.07) is 16.0. The van der Waals surface area contributed by atoms with Gasteiger partial charge in [-0.1, -0.05) is 56.3 Å². The van der Waals surface area contributed by atoms with Crippen molar-refractivity contribution >= 4 is 5.69 Å². The molecular weight excluding hydrogens is 266 g/mol. The lowest BCUT2D eigenvalue weighted by molar-refractivity contribution is 0.483. The van der Waals surface area contributed by atoms with Crippen molar-refractivity contribution in [1.82, 2.24) is 0 Å². The predicted octanol–water partition coefficient (Wildman–Crippen LogP) is 5.93. The highest BCUT2D eigenvalue weighted by Crippen LogP contribution is 2.50. The van der Waals surface area contributed by atoms with Crippen molar-refractivity contribution in [3.63, 3.8) is 0 Å². The highest BCUT2D eigenvalue weighted by Gasteiger charge is 2.43. The Morgan fingerprint density at radius 3 is 2.32 bits per heavy atom. The standard InChI is InChI=1S/C21H27N/c1-14(2)17-12-9-10-15(3)20(17)22-16(4)18-11-7-8-13-19(18)21(22,5)6/h7-14,16H,1-6H3. The van der Waals surface area contributed by atoms with E-state index in [-0.39, 0.29) is 5.54 Å². The molecule has 0 saturated carbocycles. The zero-order chi connectivity index (χ0) is 16.1. The molecule has 116 valence electrons. The fraction of sp³-hybridized carbons (Fsp3) is 0.429. The van der Waals surface area contributed by atoms with Gasteiger partial charge in [-0.25, -0.2) is 0 Å². The van der Waals surface area contributed by atoms with E-state index in [1.54, 1.807) is 0 Å². The molecule has 1 aliphatic rings. The molecule has 1 heterocycles. The van der Waals surface area contributed by atoms with Crippen molar-refractivity contribution in [2.24, 2.45) is 0 Å². The van der Waals surface area contributed by atoms with E-state index in [2.05, 4.69) is 88.9 Å². The van der Waals surface area contributed by atoms with Gasteiger partial charge in [-0.3, -0.25) is 0 Å². The first-order valence-electron chi connectivity index (χ1n) is 8.34. The van der Waals surface area contributed by atoms with Gasteiger partial charge >= 0.3 is 0 Å². The first-order valence-corrected chi connectivity index (χ1v) is 8.34. The van der Waals surface area contributed by atoms with Crippen molar-refractivity contribution in [3.05, 3.63) is 64.7 Å². The van der Waals surface area contributed by atoms with Gasteiger partial charge in [0.15, 0.2) is 0 Å². The quantitative estimate of drug-likeness (QED) is 0.663. The Bertz CT molecular complexity index is 697. The smallest absolute Gasteiger partial charge is 0.0607 e. The van der Waals surface area contributed by atoms with Crippen LogP contribution >= 0.6 is 0 Å². The van der Waals surface area contributed by atoms with Gasteiger partial charge < -0.3 is 4.90 Å². The normalized spacial score (nSPS) is 19.6. The summed E-state index contributed by atoms with van der Waals surface area (Å²) in [4.78, 5) is 2.63. The third kappa shape index (κ3) is 2.06. The topological polar surface area (TPSA) is 3.24 Å². The molecule has 0 spiro atoms. The molecule has 0 aliphatic carbocycles. The van der Waals surface area contributed by atoms with Crippen LogP contribution in [0, 0.1) is 6.92 Å². The summed E-state index contributed by atoms with van der Waals surface area (Å²) in [6.07, 6.45) is 0. The van der Waals surface area contributed by atoms with E-state index in [0.717, 1.165) is 0 Å². The average Bonchev–Trinajstić information content (AvgIpc) is 2.67.